The molecule has 1 heterocycles. The SMILES string of the molecule is C=C(Cl)CNC(=O)CC1OCCO1. The largest absolute Gasteiger partial charge is 0.351 e. The molecule has 0 aliphatic carbocycles. The molecule has 1 aliphatic rings. The van der Waals surface area contributed by atoms with E-state index < -0.39 is 6.29 Å². The molecule has 0 spiro atoms. The van der Waals surface area contributed by atoms with Crippen molar-refractivity contribution in [1.82, 2.24) is 5.32 Å². The first-order valence-electron chi connectivity index (χ1n) is 4.01. The van der Waals surface area contributed by atoms with E-state index in [-0.39, 0.29) is 18.9 Å². The van der Waals surface area contributed by atoms with Crippen LogP contribution in [0.1, 0.15) is 6.42 Å². The molecule has 0 saturated carbocycles. The van der Waals surface area contributed by atoms with Crippen LogP contribution in [0, 0.1) is 0 Å². The fraction of sp³-hybridized carbons (Fsp3) is 0.625. The van der Waals surface area contributed by atoms with Crippen molar-refractivity contribution in [3.63, 3.8) is 0 Å². The molecule has 0 aromatic carbocycles. The van der Waals surface area contributed by atoms with Gasteiger partial charge in [-0.15, -0.1) is 0 Å². The normalized spacial score (nSPS) is 17.3. The molecule has 4 nitrogen and oxygen atoms in total. The molecule has 0 aromatic heterocycles. The van der Waals surface area contributed by atoms with E-state index in [0.29, 0.717) is 18.2 Å². The molecule has 13 heavy (non-hydrogen) atoms. The molecule has 0 atom stereocenters. The summed E-state index contributed by atoms with van der Waals surface area (Å²) in [5, 5.41) is 2.98. The van der Waals surface area contributed by atoms with E-state index in [2.05, 4.69) is 11.9 Å². The van der Waals surface area contributed by atoms with Gasteiger partial charge in [-0.25, -0.2) is 0 Å². The maximum Gasteiger partial charge on any atom is 0.225 e. The molecule has 1 N–H and O–H groups in total. The fourth-order valence-electron chi connectivity index (χ4n) is 0.943. The Balaban J connectivity index is 2.13. The minimum absolute atomic E-state index is 0.145. The van der Waals surface area contributed by atoms with Gasteiger partial charge < -0.3 is 14.8 Å². The summed E-state index contributed by atoms with van der Waals surface area (Å²) < 4.78 is 10.2. The zero-order chi connectivity index (χ0) is 9.68. The molecule has 5 heteroatoms. The van der Waals surface area contributed by atoms with Gasteiger partial charge in [-0.05, 0) is 0 Å². The Morgan fingerprint density at radius 1 is 1.54 bits per heavy atom. The first kappa shape index (κ1) is 10.5. The lowest BCUT2D eigenvalue weighted by Gasteiger charge is -2.08. The molecule has 1 rings (SSSR count). The third kappa shape index (κ3) is 4.26. The summed E-state index contributed by atoms with van der Waals surface area (Å²) in [6.45, 7) is 4.84. The van der Waals surface area contributed by atoms with Crippen LogP contribution in [0.25, 0.3) is 0 Å². The standard InChI is InChI=1S/C8H12ClNO3/c1-6(9)5-10-7(11)4-8-12-2-3-13-8/h8H,1-5H2,(H,10,11). The number of rotatable bonds is 4. The van der Waals surface area contributed by atoms with Gasteiger partial charge in [0.05, 0.1) is 26.2 Å². The third-order valence-corrected chi connectivity index (χ3v) is 1.65. The second-order valence-electron chi connectivity index (χ2n) is 2.67. The number of halogens is 1. The highest BCUT2D eigenvalue weighted by Gasteiger charge is 2.19. The van der Waals surface area contributed by atoms with Gasteiger partial charge in [0, 0.05) is 5.03 Å². The third-order valence-electron chi connectivity index (χ3n) is 1.52. The molecular formula is C8H12ClNO3. The number of amides is 1. The van der Waals surface area contributed by atoms with Crippen molar-refractivity contribution in [2.75, 3.05) is 19.8 Å². The second kappa shape index (κ2) is 5.21. The molecular weight excluding hydrogens is 194 g/mol. The number of ether oxygens (including phenoxy) is 2. The van der Waals surface area contributed by atoms with E-state index >= 15 is 0 Å². The lowest BCUT2D eigenvalue weighted by Crippen LogP contribution is -2.28. The van der Waals surface area contributed by atoms with Crippen LogP contribution in [-0.2, 0) is 14.3 Å². The van der Waals surface area contributed by atoms with Crippen LogP contribution in [0.3, 0.4) is 0 Å². The van der Waals surface area contributed by atoms with Crippen LogP contribution in [0.2, 0.25) is 0 Å². The summed E-state index contributed by atoms with van der Waals surface area (Å²) in [7, 11) is 0. The Bertz CT molecular complexity index is 202. The van der Waals surface area contributed by atoms with E-state index in [1.807, 2.05) is 0 Å². The Kier molecular flexibility index (Phi) is 4.21. The highest BCUT2D eigenvalue weighted by molar-refractivity contribution is 6.29. The van der Waals surface area contributed by atoms with Crippen molar-refractivity contribution in [3.05, 3.63) is 11.6 Å². The number of carbonyl (C=O) groups is 1. The molecule has 1 amide bonds. The van der Waals surface area contributed by atoms with Gasteiger partial charge in [-0.3, -0.25) is 4.79 Å². The second-order valence-corrected chi connectivity index (χ2v) is 3.20. The molecule has 0 aromatic rings. The summed E-state index contributed by atoms with van der Waals surface area (Å²) in [6.07, 6.45) is -0.187. The van der Waals surface area contributed by atoms with Gasteiger partial charge in [-0.2, -0.15) is 0 Å². The zero-order valence-electron chi connectivity index (χ0n) is 7.22. The quantitative estimate of drug-likeness (QED) is 0.732. The number of carbonyl (C=O) groups excluding carboxylic acids is 1. The van der Waals surface area contributed by atoms with Crippen LogP contribution in [0.5, 0.6) is 0 Å². The van der Waals surface area contributed by atoms with Crippen molar-refractivity contribution >= 4 is 17.5 Å². The number of hydrogen-bond acceptors (Lipinski definition) is 3. The number of hydrogen-bond donors (Lipinski definition) is 1. The minimum Gasteiger partial charge on any atom is -0.351 e. The predicted molar refractivity (Wildman–Crippen MR) is 48.3 cm³/mol. The van der Waals surface area contributed by atoms with Gasteiger partial charge >= 0.3 is 0 Å². The van der Waals surface area contributed by atoms with E-state index in [1.54, 1.807) is 0 Å². The van der Waals surface area contributed by atoms with Crippen LogP contribution < -0.4 is 5.32 Å². The highest BCUT2D eigenvalue weighted by Crippen LogP contribution is 2.07. The van der Waals surface area contributed by atoms with Gasteiger partial charge in [0.2, 0.25) is 5.91 Å². The average molecular weight is 206 g/mol. The summed E-state index contributed by atoms with van der Waals surface area (Å²) in [4.78, 5) is 11.1. The van der Waals surface area contributed by atoms with Gasteiger partial charge in [-0.1, -0.05) is 18.2 Å². The Morgan fingerprint density at radius 3 is 2.69 bits per heavy atom. The van der Waals surface area contributed by atoms with Crippen molar-refractivity contribution in [1.29, 1.82) is 0 Å². The molecule has 74 valence electrons. The molecule has 0 radical (unpaired) electrons. The first-order valence-corrected chi connectivity index (χ1v) is 4.39. The average Bonchev–Trinajstić information content (AvgIpc) is 2.53. The van der Waals surface area contributed by atoms with Crippen LogP contribution >= 0.6 is 11.6 Å². The van der Waals surface area contributed by atoms with E-state index in [1.165, 1.54) is 0 Å². The summed E-state index contributed by atoms with van der Waals surface area (Å²) in [6, 6.07) is 0. The molecule has 1 saturated heterocycles. The van der Waals surface area contributed by atoms with E-state index in [4.69, 9.17) is 21.1 Å². The van der Waals surface area contributed by atoms with Crippen LogP contribution in [0.15, 0.2) is 11.6 Å². The highest BCUT2D eigenvalue weighted by atomic mass is 35.5. The zero-order valence-corrected chi connectivity index (χ0v) is 7.97. The summed E-state index contributed by atoms with van der Waals surface area (Å²) in [5.41, 5.74) is 0. The Morgan fingerprint density at radius 2 is 2.15 bits per heavy atom. The summed E-state index contributed by atoms with van der Waals surface area (Å²) >= 11 is 5.47. The lowest BCUT2D eigenvalue weighted by molar-refractivity contribution is -0.129. The maximum absolute atomic E-state index is 11.1. The molecule has 1 fully saturated rings. The van der Waals surface area contributed by atoms with Crippen molar-refractivity contribution in [2.24, 2.45) is 0 Å². The van der Waals surface area contributed by atoms with Gasteiger partial charge in [0.15, 0.2) is 6.29 Å². The van der Waals surface area contributed by atoms with Crippen molar-refractivity contribution < 1.29 is 14.3 Å². The van der Waals surface area contributed by atoms with Crippen molar-refractivity contribution in [3.8, 4) is 0 Å². The molecule has 1 aliphatic heterocycles. The first-order chi connectivity index (χ1) is 6.18. The maximum atomic E-state index is 11.1. The van der Waals surface area contributed by atoms with Gasteiger partial charge in [0.1, 0.15) is 0 Å². The topological polar surface area (TPSA) is 47.6 Å². The van der Waals surface area contributed by atoms with E-state index in [0.717, 1.165) is 0 Å². The number of nitrogens with one attached hydrogen (secondary N) is 1. The fourth-order valence-corrected chi connectivity index (χ4v) is 1.01. The minimum atomic E-state index is -0.399. The van der Waals surface area contributed by atoms with Crippen molar-refractivity contribution in [2.45, 2.75) is 12.7 Å². The smallest absolute Gasteiger partial charge is 0.225 e. The van der Waals surface area contributed by atoms with Crippen LogP contribution in [-0.4, -0.2) is 32.0 Å². The Hall–Kier alpha value is -0.580. The van der Waals surface area contributed by atoms with Crippen LogP contribution in [0.4, 0.5) is 0 Å². The monoisotopic (exact) mass is 205 g/mol. The van der Waals surface area contributed by atoms with E-state index in [9.17, 15) is 4.79 Å². The molecule has 0 unspecified atom stereocenters. The summed E-state index contributed by atoms with van der Waals surface area (Å²) in [5.74, 6) is -0.145. The Labute approximate surface area is 81.8 Å². The molecule has 0 bridgehead atoms. The van der Waals surface area contributed by atoms with Gasteiger partial charge in [0.25, 0.3) is 0 Å². The lowest BCUT2D eigenvalue weighted by atomic mass is 10.4. The predicted octanol–water partition coefficient (Wildman–Crippen LogP) is 0.618.